The Morgan fingerprint density at radius 2 is 1.95 bits per heavy atom. The largest absolute Gasteiger partial charge is 0.494 e. The highest BCUT2D eigenvalue weighted by Gasteiger charge is 2.09. The van der Waals surface area contributed by atoms with E-state index in [-0.39, 0.29) is 12.4 Å². The van der Waals surface area contributed by atoms with Crippen LogP contribution in [0.3, 0.4) is 0 Å². The van der Waals surface area contributed by atoms with Crippen LogP contribution in [0.25, 0.3) is 0 Å². The van der Waals surface area contributed by atoms with Crippen molar-refractivity contribution in [3.63, 3.8) is 0 Å². The first-order valence-corrected chi connectivity index (χ1v) is 5.92. The molecular weight excluding hydrogens is 245 g/mol. The second-order valence-corrected chi connectivity index (χ2v) is 4.26. The van der Waals surface area contributed by atoms with Crippen molar-refractivity contribution in [3.05, 3.63) is 53.3 Å². The number of halogens is 1. The van der Waals surface area contributed by atoms with Crippen molar-refractivity contribution >= 4 is 5.69 Å². The number of rotatable bonds is 4. The van der Waals surface area contributed by atoms with Crippen LogP contribution >= 0.6 is 0 Å². The lowest BCUT2D eigenvalue weighted by Gasteiger charge is -2.11. The molecule has 2 aromatic rings. The number of nitrogen functional groups attached to an aromatic ring is 1. The van der Waals surface area contributed by atoms with Crippen molar-refractivity contribution in [2.45, 2.75) is 13.5 Å². The molecule has 0 aliphatic carbocycles. The Bertz CT molecular complexity index is 584. The van der Waals surface area contributed by atoms with E-state index in [1.54, 1.807) is 24.3 Å². The molecule has 0 amide bonds. The van der Waals surface area contributed by atoms with Crippen molar-refractivity contribution in [2.24, 2.45) is 0 Å². The maximum Gasteiger partial charge on any atom is 0.171 e. The molecule has 2 N–H and O–H groups in total. The molecule has 0 spiro atoms. The second-order valence-electron chi connectivity index (χ2n) is 4.26. The lowest BCUT2D eigenvalue weighted by atomic mass is 10.2. The summed E-state index contributed by atoms with van der Waals surface area (Å²) in [7, 11) is 1.43. The summed E-state index contributed by atoms with van der Waals surface area (Å²) in [6.07, 6.45) is 0. The Hall–Kier alpha value is -2.23. The highest BCUT2D eigenvalue weighted by Crippen LogP contribution is 2.25. The fourth-order valence-corrected chi connectivity index (χ4v) is 1.78. The third-order valence-corrected chi connectivity index (χ3v) is 2.81. The standard InChI is InChI=1S/C15H16FNO2/c1-10-6-7-13(12(17)8-10)19-9-11-4-3-5-14(18-2)15(11)16/h3-8H,9,17H2,1-2H3. The van der Waals surface area contributed by atoms with Gasteiger partial charge in [-0.05, 0) is 30.7 Å². The average Bonchev–Trinajstić information content (AvgIpc) is 2.39. The SMILES string of the molecule is COc1cccc(COc2ccc(C)cc2N)c1F. The van der Waals surface area contributed by atoms with Gasteiger partial charge in [0.15, 0.2) is 11.6 Å². The molecule has 100 valence electrons. The topological polar surface area (TPSA) is 44.5 Å². The van der Waals surface area contributed by atoms with Gasteiger partial charge in [-0.15, -0.1) is 0 Å². The van der Waals surface area contributed by atoms with Gasteiger partial charge in [-0.2, -0.15) is 0 Å². The monoisotopic (exact) mass is 261 g/mol. The summed E-state index contributed by atoms with van der Waals surface area (Å²) >= 11 is 0. The van der Waals surface area contributed by atoms with Gasteiger partial charge >= 0.3 is 0 Å². The molecule has 0 bridgehead atoms. The Labute approximate surface area is 111 Å². The number of hydrogen-bond donors (Lipinski definition) is 1. The summed E-state index contributed by atoms with van der Waals surface area (Å²) in [5.41, 5.74) is 7.86. The van der Waals surface area contributed by atoms with Gasteiger partial charge in [0.25, 0.3) is 0 Å². The van der Waals surface area contributed by atoms with E-state index in [4.69, 9.17) is 15.2 Å². The molecule has 0 saturated carbocycles. The maximum atomic E-state index is 13.9. The molecule has 19 heavy (non-hydrogen) atoms. The first-order chi connectivity index (χ1) is 9.11. The van der Waals surface area contributed by atoms with Gasteiger partial charge < -0.3 is 15.2 Å². The van der Waals surface area contributed by atoms with Gasteiger partial charge in [-0.1, -0.05) is 18.2 Å². The third kappa shape index (κ3) is 2.96. The Kier molecular flexibility index (Phi) is 3.90. The summed E-state index contributed by atoms with van der Waals surface area (Å²) in [6, 6.07) is 10.4. The molecule has 2 aromatic carbocycles. The van der Waals surface area contributed by atoms with Crippen LogP contribution in [0.5, 0.6) is 11.5 Å². The number of benzene rings is 2. The summed E-state index contributed by atoms with van der Waals surface area (Å²) in [5, 5.41) is 0. The molecule has 3 nitrogen and oxygen atoms in total. The fourth-order valence-electron chi connectivity index (χ4n) is 1.78. The number of aryl methyl sites for hydroxylation is 1. The van der Waals surface area contributed by atoms with Crippen LogP contribution < -0.4 is 15.2 Å². The van der Waals surface area contributed by atoms with Gasteiger partial charge in [0.05, 0.1) is 12.8 Å². The molecule has 0 saturated heterocycles. The van der Waals surface area contributed by atoms with Gasteiger partial charge in [-0.25, -0.2) is 4.39 Å². The molecule has 0 atom stereocenters. The minimum Gasteiger partial charge on any atom is -0.494 e. The summed E-state index contributed by atoms with van der Waals surface area (Å²) in [4.78, 5) is 0. The number of hydrogen-bond acceptors (Lipinski definition) is 3. The van der Waals surface area contributed by atoms with Crippen molar-refractivity contribution in [1.82, 2.24) is 0 Å². The number of nitrogens with two attached hydrogens (primary N) is 1. The van der Waals surface area contributed by atoms with E-state index in [2.05, 4.69) is 0 Å². The zero-order chi connectivity index (χ0) is 13.8. The molecule has 4 heteroatoms. The number of ether oxygens (including phenoxy) is 2. The smallest absolute Gasteiger partial charge is 0.171 e. The van der Waals surface area contributed by atoms with Crippen molar-refractivity contribution in [3.8, 4) is 11.5 Å². The summed E-state index contributed by atoms with van der Waals surface area (Å²) < 4.78 is 24.4. The summed E-state index contributed by atoms with van der Waals surface area (Å²) in [6.45, 7) is 2.05. The van der Waals surface area contributed by atoms with E-state index < -0.39 is 5.82 Å². The highest BCUT2D eigenvalue weighted by molar-refractivity contribution is 5.54. The first-order valence-electron chi connectivity index (χ1n) is 5.92. The predicted octanol–water partition coefficient (Wildman–Crippen LogP) is 3.30. The molecule has 0 aliphatic heterocycles. The normalized spacial score (nSPS) is 10.3. The average molecular weight is 261 g/mol. The lowest BCUT2D eigenvalue weighted by molar-refractivity contribution is 0.297. The molecule has 0 aliphatic rings. The minimum atomic E-state index is -0.407. The van der Waals surface area contributed by atoms with E-state index in [0.29, 0.717) is 17.0 Å². The quantitative estimate of drug-likeness (QED) is 0.859. The maximum absolute atomic E-state index is 13.9. The molecule has 0 radical (unpaired) electrons. The van der Waals surface area contributed by atoms with Crippen LogP contribution in [0.15, 0.2) is 36.4 Å². The number of anilines is 1. The summed E-state index contributed by atoms with van der Waals surface area (Å²) in [5.74, 6) is 0.349. The van der Waals surface area contributed by atoms with Gasteiger partial charge in [0.1, 0.15) is 12.4 Å². The van der Waals surface area contributed by atoms with Crippen LogP contribution in [-0.4, -0.2) is 7.11 Å². The number of methoxy groups -OCH3 is 1. The van der Waals surface area contributed by atoms with E-state index >= 15 is 0 Å². The van der Waals surface area contributed by atoms with Crippen molar-refractivity contribution < 1.29 is 13.9 Å². The zero-order valence-corrected chi connectivity index (χ0v) is 10.9. The van der Waals surface area contributed by atoms with Gasteiger partial charge in [0.2, 0.25) is 0 Å². The lowest BCUT2D eigenvalue weighted by Crippen LogP contribution is -2.02. The first kappa shape index (κ1) is 13.2. The predicted molar refractivity (Wildman–Crippen MR) is 72.9 cm³/mol. The van der Waals surface area contributed by atoms with Crippen LogP contribution in [0, 0.1) is 12.7 Å². The minimum absolute atomic E-state index is 0.107. The molecular formula is C15H16FNO2. The van der Waals surface area contributed by atoms with Gasteiger partial charge in [-0.3, -0.25) is 0 Å². The molecule has 0 aromatic heterocycles. The van der Waals surface area contributed by atoms with Crippen LogP contribution in [-0.2, 0) is 6.61 Å². The van der Waals surface area contributed by atoms with Gasteiger partial charge in [0, 0.05) is 5.56 Å². The van der Waals surface area contributed by atoms with Crippen LogP contribution in [0.2, 0.25) is 0 Å². The van der Waals surface area contributed by atoms with E-state index in [1.165, 1.54) is 7.11 Å². The Balaban J connectivity index is 2.14. The van der Waals surface area contributed by atoms with Crippen molar-refractivity contribution in [1.29, 1.82) is 0 Å². The van der Waals surface area contributed by atoms with Crippen molar-refractivity contribution in [2.75, 3.05) is 12.8 Å². The van der Waals surface area contributed by atoms with E-state index in [0.717, 1.165) is 5.56 Å². The molecule has 0 heterocycles. The molecule has 0 fully saturated rings. The highest BCUT2D eigenvalue weighted by atomic mass is 19.1. The van der Waals surface area contributed by atoms with Crippen LogP contribution in [0.1, 0.15) is 11.1 Å². The Morgan fingerprint density at radius 3 is 2.63 bits per heavy atom. The van der Waals surface area contributed by atoms with E-state index in [9.17, 15) is 4.39 Å². The Morgan fingerprint density at radius 1 is 1.16 bits per heavy atom. The molecule has 2 rings (SSSR count). The molecule has 0 unspecified atom stereocenters. The fraction of sp³-hybridized carbons (Fsp3) is 0.200. The second kappa shape index (κ2) is 5.61. The van der Waals surface area contributed by atoms with Crippen LogP contribution in [0.4, 0.5) is 10.1 Å². The van der Waals surface area contributed by atoms with E-state index in [1.807, 2.05) is 19.1 Å². The zero-order valence-electron chi connectivity index (χ0n) is 10.9. The third-order valence-electron chi connectivity index (χ3n) is 2.81.